The summed E-state index contributed by atoms with van der Waals surface area (Å²) in [7, 11) is 1.72. The first-order valence-electron chi connectivity index (χ1n) is 10.2. The fourth-order valence-corrected chi connectivity index (χ4v) is 4.47. The monoisotopic (exact) mass is 457 g/mol. The van der Waals surface area contributed by atoms with Crippen molar-refractivity contribution in [2.45, 2.75) is 31.4 Å². The third-order valence-corrected chi connectivity index (χ3v) is 6.25. The van der Waals surface area contributed by atoms with Crippen molar-refractivity contribution in [2.24, 2.45) is 5.73 Å². The molecule has 4 rings (SSSR count). The number of rotatable bonds is 6. The van der Waals surface area contributed by atoms with Crippen molar-refractivity contribution < 1.29 is 13.9 Å². The highest BCUT2D eigenvalue weighted by molar-refractivity contribution is 7.13. The van der Waals surface area contributed by atoms with Crippen molar-refractivity contribution in [2.75, 3.05) is 13.7 Å². The Hall–Kier alpha value is -3.15. The minimum atomic E-state index is -0.493. The van der Waals surface area contributed by atoms with Crippen molar-refractivity contribution in [1.29, 1.82) is 5.41 Å². The van der Waals surface area contributed by atoms with E-state index < -0.39 is 11.7 Å². The van der Waals surface area contributed by atoms with Gasteiger partial charge in [-0.2, -0.15) is 5.10 Å². The van der Waals surface area contributed by atoms with Crippen LogP contribution in [-0.2, 0) is 4.74 Å². The van der Waals surface area contributed by atoms with Crippen molar-refractivity contribution in [1.82, 2.24) is 25.8 Å². The molecule has 32 heavy (non-hydrogen) atoms. The Morgan fingerprint density at radius 3 is 3.03 bits per heavy atom. The van der Waals surface area contributed by atoms with E-state index in [4.69, 9.17) is 15.9 Å². The van der Waals surface area contributed by atoms with Crippen molar-refractivity contribution in [3.05, 3.63) is 46.6 Å². The number of carbonyl (C=O) groups excluding carboxylic acids is 1. The number of nitrogens with zero attached hydrogens (tertiary/aromatic N) is 2. The number of H-pyrrole nitrogens is 1. The normalized spacial score (nSPS) is 19.8. The summed E-state index contributed by atoms with van der Waals surface area (Å²) in [5.41, 5.74) is 8.01. The molecule has 1 aromatic carbocycles. The molecule has 2 aromatic heterocycles. The van der Waals surface area contributed by atoms with Crippen LogP contribution in [0.2, 0.25) is 0 Å². The summed E-state index contributed by atoms with van der Waals surface area (Å²) in [5.74, 6) is -0.937. The molecule has 168 valence electrons. The summed E-state index contributed by atoms with van der Waals surface area (Å²) >= 11 is 1.16. The first-order chi connectivity index (χ1) is 15.5. The molecule has 0 saturated carbocycles. The molecule has 1 unspecified atom stereocenters. The molecule has 0 aliphatic carbocycles. The number of carbonyl (C=O) groups is 1. The molecule has 1 aliphatic rings. The van der Waals surface area contributed by atoms with Gasteiger partial charge in [-0.15, -0.1) is 11.3 Å². The summed E-state index contributed by atoms with van der Waals surface area (Å²) in [6.07, 6.45) is 4.54. The van der Waals surface area contributed by atoms with Crippen molar-refractivity contribution in [3.63, 3.8) is 0 Å². The molecule has 9 nitrogen and oxygen atoms in total. The summed E-state index contributed by atoms with van der Waals surface area (Å²) in [6, 6.07) is 3.07. The molecule has 6 N–H and O–H groups in total. The van der Waals surface area contributed by atoms with Crippen LogP contribution in [0.25, 0.3) is 21.5 Å². The Balaban J connectivity index is 1.56. The van der Waals surface area contributed by atoms with E-state index in [9.17, 15) is 9.18 Å². The molecule has 0 radical (unpaired) electrons. The number of ether oxygens (including phenoxy) is 1. The second kappa shape index (κ2) is 9.55. The van der Waals surface area contributed by atoms with Crippen LogP contribution >= 0.6 is 11.3 Å². The summed E-state index contributed by atoms with van der Waals surface area (Å²) < 4.78 is 20.4. The lowest BCUT2D eigenvalue weighted by Gasteiger charge is -2.21. The maximum atomic E-state index is 14.5. The predicted octanol–water partition coefficient (Wildman–Crippen LogP) is 2.53. The van der Waals surface area contributed by atoms with E-state index in [1.807, 2.05) is 0 Å². The maximum Gasteiger partial charge on any atom is 0.275 e. The van der Waals surface area contributed by atoms with Crippen LogP contribution in [0.1, 0.15) is 29.8 Å². The van der Waals surface area contributed by atoms with Gasteiger partial charge in [0.15, 0.2) is 0 Å². The van der Waals surface area contributed by atoms with Crippen LogP contribution in [-0.4, -0.2) is 53.1 Å². The van der Waals surface area contributed by atoms with Crippen LogP contribution in [0.5, 0.6) is 0 Å². The first kappa shape index (κ1) is 22.1. The fraction of sp³-hybridized carbons (Fsp3) is 0.333. The summed E-state index contributed by atoms with van der Waals surface area (Å²) in [6.45, 7) is 0.512. The SMILES string of the molecule is CN/C(=C(\C=N)NC(=O)c1csc(-c2cc3[nH]ncc3cc2F)n1)C1CC[C@@H](N)CCO1. The number of likely N-dealkylation sites (N-methyl/N-ethyl adjacent to an activating group) is 1. The summed E-state index contributed by atoms with van der Waals surface area (Å²) in [5, 5.41) is 22.9. The Bertz CT molecular complexity index is 1170. The van der Waals surface area contributed by atoms with Gasteiger partial charge in [0.1, 0.15) is 16.5 Å². The Morgan fingerprint density at radius 2 is 2.25 bits per heavy atom. The van der Waals surface area contributed by atoms with Crippen LogP contribution < -0.4 is 16.4 Å². The first-order valence-corrected chi connectivity index (χ1v) is 11.1. The van der Waals surface area contributed by atoms with Gasteiger partial charge in [-0.1, -0.05) is 0 Å². The Kier molecular flexibility index (Phi) is 6.58. The minimum absolute atomic E-state index is 0.0749. The predicted molar refractivity (Wildman–Crippen MR) is 121 cm³/mol. The van der Waals surface area contributed by atoms with E-state index >= 15 is 0 Å². The number of allylic oxidation sites excluding steroid dienone is 1. The molecule has 2 atom stereocenters. The van der Waals surface area contributed by atoms with Gasteiger partial charge >= 0.3 is 0 Å². The second-order valence-corrected chi connectivity index (χ2v) is 8.35. The molecule has 3 heterocycles. The number of benzene rings is 1. The number of fused-ring (bicyclic) bond motifs is 1. The Labute approximate surface area is 187 Å². The molecular weight excluding hydrogens is 433 g/mol. The number of nitrogens with one attached hydrogen (secondary N) is 4. The van der Waals surface area contributed by atoms with Gasteiger partial charge < -0.3 is 26.5 Å². The highest BCUT2D eigenvalue weighted by Gasteiger charge is 2.24. The third kappa shape index (κ3) is 4.54. The quantitative estimate of drug-likeness (QED) is 0.360. The van der Waals surface area contributed by atoms with E-state index in [0.29, 0.717) is 34.6 Å². The largest absolute Gasteiger partial charge is 0.388 e. The van der Waals surface area contributed by atoms with E-state index in [-0.39, 0.29) is 29.1 Å². The average molecular weight is 458 g/mol. The van der Waals surface area contributed by atoms with Gasteiger partial charge in [-0.3, -0.25) is 9.89 Å². The number of nitrogens with two attached hydrogens (primary N) is 1. The lowest BCUT2D eigenvalue weighted by molar-refractivity contribution is 0.0782. The summed E-state index contributed by atoms with van der Waals surface area (Å²) in [4.78, 5) is 17.1. The molecule has 1 saturated heterocycles. The lowest BCUT2D eigenvalue weighted by Crippen LogP contribution is -2.33. The second-order valence-electron chi connectivity index (χ2n) is 7.49. The topological polar surface area (TPSA) is 142 Å². The zero-order valence-electron chi connectivity index (χ0n) is 17.4. The van der Waals surface area contributed by atoms with Gasteiger partial charge in [-0.05, 0) is 31.4 Å². The maximum absolute atomic E-state index is 14.5. The molecule has 0 bridgehead atoms. The van der Waals surface area contributed by atoms with E-state index in [1.54, 1.807) is 24.7 Å². The highest BCUT2D eigenvalue weighted by atomic mass is 32.1. The van der Waals surface area contributed by atoms with Crippen LogP contribution in [0.4, 0.5) is 4.39 Å². The minimum Gasteiger partial charge on any atom is -0.388 e. The van der Waals surface area contributed by atoms with Crippen molar-refractivity contribution in [3.8, 4) is 10.6 Å². The van der Waals surface area contributed by atoms with E-state index in [0.717, 1.165) is 30.4 Å². The molecular formula is C21H24FN7O2S. The molecule has 1 amide bonds. The molecule has 1 aliphatic heterocycles. The lowest BCUT2D eigenvalue weighted by atomic mass is 10.0. The Morgan fingerprint density at radius 1 is 1.41 bits per heavy atom. The number of aromatic amines is 1. The number of aromatic nitrogens is 3. The number of amides is 1. The number of hydrogen-bond acceptors (Lipinski definition) is 8. The van der Waals surface area contributed by atoms with Crippen LogP contribution in [0, 0.1) is 11.2 Å². The number of halogens is 1. The van der Waals surface area contributed by atoms with Crippen LogP contribution in [0.3, 0.4) is 0 Å². The smallest absolute Gasteiger partial charge is 0.275 e. The number of thiazole rings is 1. The zero-order chi connectivity index (χ0) is 22.7. The molecule has 0 spiro atoms. The average Bonchev–Trinajstić information content (AvgIpc) is 3.40. The zero-order valence-corrected chi connectivity index (χ0v) is 18.3. The van der Waals surface area contributed by atoms with E-state index in [2.05, 4.69) is 25.8 Å². The van der Waals surface area contributed by atoms with Gasteiger partial charge in [0, 0.05) is 42.2 Å². The van der Waals surface area contributed by atoms with Gasteiger partial charge in [-0.25, -0.2) is 9.37 Å². The fourth-order valence-electron chi connectivity index (χ4n) is 3.65. The molecule has 3 aromatic rings. The van der Waals surface area contributed by atoms with Gasteiger partial charge in [0.25, 0.3) is 5.91 Å². The van der Waals surface area contributed by atoms with E-state index in [1.165, 1.54) is 6.07 Å². The van der Waals surface area contributed by atoms with Crippen LogP contribution in [0.15, 0.2) is 35.1 Å². The van der Waals surface area contributed by atoms with Gasteiger partial charge in [0.2, 0.25) is 0 Å². The number of hydrogen-bond donors (Lipinski definition) is 5. The highest BCUT2D eigenvalue weighted by Crippen LogP contribution is 2.29. The van der Waals surface area contributed by atoms with Crippen molar-refractivity contribution >= 4 is 34.4 Å². The van der Waals surface area contributed by atoms with Gasteiger partial charge in [0.05, 0.1) is 29.2 Å². The third-order valence-electron chi connectivity index (χ3n) is 5.38. The molecule has 1 fully saturated rings. The standard InChI is InChI=1S/C21H24FN7O2S/c1-25-19(18-3-2-12(24)4-5-31-18)16(8-23)27-20(30)17-10-32-21(28-17)13-7-15-11(6-14(13)22)9-26-29-15/h6-10,12,18,23,25H,2-5,24H2,1H3,(H,26,29)(H,27,30)/b19-16+,23-8?/t12-,18?/m1/s1. The molecule has 11 heteroatoms.